The van der Waals surface area contributed by atoms with Crippen LogP contribution in [0.25, 0.3) is 11.0 Å². The predicted molar refractivity (Wildman–Crippen MR) is 71.3 cm³/mol. The molecule has 0 unspecified atom stereocenters. The Labute approximate surface area is 110 Å². The average molecular weight is 273 g/mol. The summed E-state index contributed by atoms with van der Waals surface area (Å²) in [5, 5.41) is 7.65. The number of fused-ring (bicyclic) bond motifs is 1. The van der Waals surface area contributed by atoms with Gasteiger partial charge in [-0.2, -0.15) is 8.42 Å². The van der Waals surface area contributed by atoms with Gasteiger partial charge in [0.1, 0.15) is 11.0 Å². The van der Waals surface area contributed by atoms with Crippen LogP contribution in [0.15, 0.2) is 53.4 Å². The molecule has 0 saturated carbocycles. The summed E-state index contributed by atoms with van der Waals surface area (Å²) in [7, 11) is -3.70. The highest BCUT2D eigenvalue weighted by molar-refractivity contribution is 7.90. The van der Waals surface area contributed by atoms with Gasteiger partial charge in [-0.1, -0.05) is 29.5 Å². The fourth-order valence-corrected chi connectivity index (χ4v) is 3.12. The molecule has 1 aromatic heterocycles. The third-order valence-corrected chi connectivity index (χ3v) is 4.43. The van der Waals surface area contributed by atoms with Crippen LogP contribution >= 0.6 is 0 Å². The second kappa shape index (κ2) is 4.17. The summed E-state index contributed by atoms with van der Waals surface area (Å²) in [6.45, 7) is 1.89. The van der Waals surface area contributed by atoms with Crippen molar-refractivity contribution in [2.45, 2.75) is 11.8 Å². The minimum atomic E-state index is -3.70. The SMILES string of the molecule is Cc1ccc2nnn(S(=O)(=O)c3ccccc3)c2c1. The first-order valence-corrected chi connectivity index (χ1v) is 7.16. The van der Waals surface area contributed by atoms with Crippen molar-refractivity contribution in [1.29, 1.82) is 0 Å². The highest BCUT2D eigenvalue weighted by atomic mass is 32.2. The Morgan fingerprint density at radius 1 is 1.05 bits per heavy atom. The lowest BCUT2D eigenvalue weighted by atomic mass is 10.2. The zero-order valence-electron chi connectivity index (χ0n) is 10.2. The van der Waals surface area contributed by atoms with E-state index >= 15 is 0 Å². The molecule has 5 nitrogen and oxygen atoms in total. The Kier molecular flexibility index (Phi) is 2.60. The third kappa shape index (κ3) is 1.90. The van der Waals surface area contributed by atoms with Gasteiger partial charge >= 0.3 is 0 Å². The largest absolute Gasteiger partial charge is 0.284 e. The van der Waals surface area contributed by atoms with E-state index in [1.54, 1.807) is 42.5 Å². The summed E-state index contributed by atoms with van der Waals surface area (Å²) in [4.78, 5) is 0.198. The molecule has 0 aliphatic rings. The smallest absolute Gasteiger partial charge is 0.199 e. The van der Waals surface area contributed by atoms with E-state index in [1.165, 1.54) is 0 Å². The fourth-order valence-electron chi connectivity index (χ4n) is 1.88. The Morgan fingerprint density at radius 2 is 1.79 bits per heavy atom. The van der Waals surface area contributed by atoms with Crippen LogP contribution in [0, 0.1) is 6.92 Å². The second-order valence-electron chi connectivity index (χ2n) is 4.24. The van der Waals surface area contributed by atoms with Gasteiger partial charge in [-0.15, -0.1) is 9.19 Å². The minimum Gasteiger partial charge on any atom is -0.199 e. The second-order valence-corrected chi connectivity index (χ2v) is 6.01. The molecule has 1 heterocycles. The van der Waals surface area contributed by atoms with Crippen LogP contribution in [0.4, 0.5) is 0 Å². The van der Waals surface area contributed by atoms with Crippen LogP contribution in [-0.2, 0) is 10.0 Å². The van der Waals surface area contributed by atoms with E-state index < -0.39 is 10.0 Å². The molecule has 3 rings (SSSR count). The van der Waals surface area contributed by atoms with Crippen LogP contribution in [0.1, 0.15) is 5.56 Å². The number of aromatic nitrogens is 3. The van der Waals surface area contributed by atoms with Crippen LogP contribution in [0.5, 0.6) is 0 Å². The van der Waals surface area contributed by atoms with Gasteiger partial charge in [-0.3, -0.25) is 0 Å². The Hall–Kier alpha value is -2.21. The van der Waals surface area contributed by atoms with Gasteiger partial charge in [0.05, 0.1) is 4.90 Å². The number of benzene rings is 2. The maximum Gasteiger partial charge on any atom is 0.284 e. The molecule has 0 spiro atoms. The van der Waals surface area contributed by atoms with Crippen molar-refractivity contribution in [3.63, 3.8) is 0 Å². The van der Waals surface area contributed by atoms with E-state index in [0.29, 0.717) is 11.0 Å². The molecule has 0 saturated heterocycles. The van der Waals surface area contributed by atoms with Gasteiger partial charge in [-0.25, -0.2) is 0 Å². The zero-order valence-corrected chi connectivity index (χ0v) is 11.0. The summed E-state index contributed by atoms with van der Waals surface area (Å²) in [5.74, 6) is 0. The average Bonchev–Trinajstić information content (AvgIpc) is 2.83. The summed E-state index contributed by atoms with van der Waals surface area (Å²) in [6.07, 6.45) is 0. The van der Waals surface area contributed by atoms with E-state index in [2.05, 4.69) is 10.3 Å². The monoisotopic (exact) mass is 273 g/mol. The normalized spacial score (nSPS) is 11.8. The molecule has 0 N–H and O–H groups in total. The van der Waals surface area contributed by atoms with Crippen LogP contribution in [0.3, 0.4) is 0 Å². The minimum absolute atomic E-state index is 0.198. The van der Waals surface area contributed by atoms with Crippen LogP contribution in [0.2, 0.25) is 0 Å². The maximum atomic E-state index is 12.5. The number of rotatable bonds is 2. The first-order valence-electron chi connectivity index (χ1n) is 5.72. The van der Waals surface area contributed by atoms with Gasteiger partial charge in [0.15, 0.2) is 0 Å². The Balaban J connectivity index is 2.28. The number of aryl methyl sites for hydroxylation is 1. The van der Waals surface area contributed by atoms with Gasteiger partial charge in [-0.05, 0) is 36.8 Å². The molecule has 2 aromatic carbocycles. The van der Waals surface area contributed by atoms with Crippen molar-refractivity contribution >= 4 is 21.1 Å². The zero-order chi connectivity index (χ0) is 13.5. The van der Waals surface area contributed by atoms with Crippen LogP contribution < -0.4 is 0 Å². The summed E-state index contributed by atoms with van der Waals surface area (Å²) in [5.41, 5.74) is 2.01. The third-order valence-electron chi connectivity index (χ3n) is 2.84. The number of hydrogen-bond donors (Lipinski definition) is 0. The first-order chi connectivity index (χ1) is 9.09. The standard InChI is InChI=1S/C13H11N3O2S/c1-10-7-8-12-13(9-10)16(15-14-12)19(17,18)11-5-3-2-4-6-11/h2-9H,1H3. The molecule has 0 atom stereocenters. The Morgan fingerprint density at radius 3 is 2.53 bits per heavy atom. The number of hydrogen-bond acceptors (Lipinski definition) is 4. The lowest BCUT2D eigenvalue weighted by Gasteiger charge is -2.04. The molecule has 0 radical (unpaired) electrons. The van der Waals surface area contributed by atoms with Crippen molar-refractivity contribution in [2.24, 2.45) is 0 Å². The van der Waals surface area contributed by atoms with Gasteiger partial charge in [0.2, 0.25) is 0 Å². The predicted octanol–water partition coefficient (Wildman–Crippen LogP) is 1.98. The molecular weight excluding hydrogens is 262 g/mol. The molecule has 96 valence electrons. The van der Waals surface area contributed by atoms with Gasteiger partial charge in [0.25, 0.3) is 10.0 Å². The first kappa shape index (κ1) is 11.9. The number of nitrogens with zero attached hydrogens (tertiary/aromatic N) is 3. The lowest BCUT2D eigenvalue weighted by molar-refractivity contribution is 0.579. The fraction of sp³-hybridized carbons (Fsp3) is 0.0769. The van der Waals surface area contributed by atoms with E-state index in [4.69, 9.17) is 0 Å². The highest BCUT2D eigenvalue weighted by Crippen LogP contribution is 2.19. The quantitative estimate of drug-likeness (QED) is 0.716. The summed E-state index contributed by atoms with van der Waals surface area (Å²) in [6, 6.07) is 13.6. The molecule has 0 aliphatic heterocycles. The van der Waals surface area contributed by atoms with Crippen molar-refractivity contribution in [1.82, 2.24) is 14.4 Å². The molecule has 0 amide bonds. The van der Waals surface area contributed by atoms with E-state index in [-0.39, 0.29) is 4.90 Å². The molecule has 3 aromatic rings. The van der Waals surface area contributed by atoms with Crippen LogP contribution in [-0.4, -0.2) is 22.8 Å². The van der Waals surface area contributed by atoms with Crippen molar-refractivity contribution in [3.8, 4) is 0 Å². The van der Waals surface area contributed by atoms with E-state index in [0.717, 1.165) is 9.65 Å². The molecule has 6 heteroatoms. The summed E-state index contributed by atoms with van der Waals surface area (Å²) < 4.78 is 25.9. The highest BCUT2D eigenvalue weighted by Gasteiger charge is 2.20. The Bertz CT molecular complexity index is 839. The molecule has 19 heavy (non-hydrogen) atoms. The summed E-state index contributed by atoms with van der Waals surface area (Å²) >= 11 is 0. The van der Waals surface area contributed by atoms with E-state index in [9.17, 15) is 8.42 Å². The molecule has 0 aliphatic carbocycles. The molecular formula is C13H11N3O2S. The molecule has 0 fully saturated rings. The topological polar surface area (TPSA) is 64.8 Å². The molecule has 0 bridgehead atoms. The van der Waals surface area contributed by atoms with E-state index in [1.807, 2.05) is 13.0 Å². The van der Waals surface area contributed by atoms with Crippen molar-refractivity contribution in [3.05, 3.63) is 54.1 Å². The van der Waals surface area contributed by atoms with Gasteiger partial charge in [0, 0.05) is 0 Å². The van der Waals surface area contributed by atoms with Crippen molar-refractivity contribution < 1.29 is 8.42 Å². The maximum absolute atomic E-state index is 12.5. The van der Waals surface area contributed by atoms with Gasteiger partial charge < -0.3 is 0 Å². The lowest BCUT2D eigenvalue weighted by Crippen LogP contribution is -2.14. The van der Waals surface area contributed by atoms with Crippen molar-refractivity contribution in [2.75, 3.05) is 0 Å².